The van der Waals surface area contributed by atoms with Crippen LogP contribution in [0, 0.1) is 0 Å². The molecule has 4 rings (SSSR count). The molecule has 0 spiro atoms. The Balaban J connectivity index is 1.38. The third kappa shape index (κ3) is 3.47. The predicted molar refractivity (Wildman–Crippen MR) is 104 cm³/mol. The van der Waals surface area contributed by atoms with E-state index in [-0.39, 0.29) is 17.7 Å². The van der Waals surface area contributed by atoms with Crippen LogP contribution in [0.4, 0.5) is 0 Å². The van der Waals surface area contributed by atoms with Crippen LogP contribution >= 0.6 is 23.1 Å². The number of hydrogen-bond acceptors (Lipinski definition) is 6. The molecule has 134 valence electrons. The number of amides is 1. The molecule has 1 amide bonds. The van der Waals surface area contributed by atoms with Gasteiger partial charge < -0.3 is 11.2 Å². The normalized spacial score (nSPS) is 16.2. The molecule has 0 saturated heterocycles. The minimum Gasteiger partial charge on any atom is -0.349 e. The Kier molecular flexibility index (Phi) is 4.94. The van der Waals surface area contributed by atoms with E-state index >= 15 is 0 Å². The van der Waals surface area contributed by atoms with Gasteiger partial charge in [-0.05, 0) is 41.8 Å². The average molecular weight is 386 g/mol. The summed E-state index contributed by atoms with van der Waals surface area (Å²) in [4.78, 5) is 13.4. The first-order chi connectivity index (χ1) is 12.7. The quantitative estimate of drug-likeness (QED) is 0.521. The summed E-state index contributed by atoms with van der Waals surface area (Å²) in [6, 6.07) is 12.3. The van der Waals surface area contributed by atoms with Crippen molar-refractivity contribution in [3.05, 3.63) is 52.9 Å². The number of nitrogens with two attached hydrogens (primary N) is 1. The number of nitrogen functional groups attached to an aromatic ring is 1. The fraction of sp³-hybridized carbons (Fsp3) is 0.278. The van der Waals surface area contributed by atoms with Crippen molar-refractivity contribution >= 4 is 29.0 Å². The number of nitrogens with one attached hydrogen (secondary N) is 1. The molecule has 26 heavy (non-hydrogen) atoms. The number of aryl methyl sites for hydroxylation is 1. The molecule has 0 radical (unpaired) electrons. The first kappa shape index (κ1) is 17.1. The number of carbonyl (C=O) groups is 1. The Morgan fingerprint density at radius 1 is 1.31 bits per heavy atom. The minimum absolute atomic E-state index is 0.0163. The lowest BCUT2D eigenvalue weighted by atomic mass is 9.88. The van der Waals surface area contributed by atoms with E-state index in [1.807, 2.05) is 23.6 Å². The molecule has 2 heterocycles. The van der Waals surface area contributed by atoms with E-state index in [0.29, 0.717) is 11.0 Å². The number of hydrogen-bond donors (Lipinski definition) is 2. The fourth-order valence-corrected chi connectivity index (χ4v) is 4.59. The van der Waals surface area contributed by atoms with Crippen LogP contribution in [0.15, 0.2) is 46.9 Å². The van der Waals surface area contributed by atoms with Crippen molar-refractivity contribution in [3.8, 4) is 10.7 Å². The standard InChI is InChI=1S/C18H19N5OS2/c19-23-17(15-9-4-10-25-15)21-22-18(23)26-11-16(24)20-14-8-3-6-12-5-1-2-7-13(12)14/h1-2,4-5,7,9-10,14H,3,6,8,11,19H2,(H,20,24)/t14-/m0/s1. The van der Waals surface area contributed by atoms with Crippen molar-refractivity contribution in [2.45, 2.75) is 30.5 Å². The largest absolute Gasteiger partial charge is 0.349 e. The highest BCUT2D eigenvalue weighted by Crippen LogP contribution is 2.30. The number of benzene rings is 1. The molecule has 1 atom stereocenters. The lowest BCUT2D eigenvalue weighted by Gasteiger charge is -2.26. The van der Waals surface area contributed by atoms with Crippen LogP contribution in [-0.4, -0.2) is 26.5 Å². The summed E-state index contributed by atoms with van der Waals surface area (Å²) in [5.74, 6) is 6.93. The van der Waals surface area contributed by atoms with Gasteiger partial charge in [-0.3, -0.25) is 4.79 Å². The van der Waals surface area contributed by atoms with Crippen LogP contribution in [0.1, 0.15) is 30.0 Å². The lowest BCUT2D eigenvalue weighted by Crippen LogP contribution is -2.32. The number of aromatic nitrogens is 3. The van der Waals surface area contributed by atoms with Crippen molar-refractivity contribution in [3.63, 3.8) is 0 Å². The van der Waals surface area contributed by atoms with E-state index in [4.69, 9.17) is 5.84 Å². The molecule has 1 aliphatic carbocycles. The van der Waals surface area contributed by atoms with Crippen LogP contribution in [0.5, 0.6) is 0 Å². The number of rotatable bonds is 5. The molecule has 0 saturated carbocycles. The van der Waals surface area contributed by atoms with Gasteiger partial charge in [0.25, 0.3) is 0 Å². The molecule has 8 heteroatoms. The number of thiophene rings is 1. The molecule has 1 aromatic carbocycles. The highest BCUT2D eigenvalue weighted by molar-refractivity contribution is 7.99. The van der Waals surface area contributed by atoms with E-state index in [9.17, 15) is 4.79 Å². The fourth-order valence-electron chi connectivity index (χ4n) is 3.22. The summed E-state index contributed by atoms with van der Waals surface area (Å²) in [5, 5.41) is 13.9. The first-order valence-electron chi connectivity index (χ1n) is 8.46. The zero-order valence-electron chi connectivity index (χ0n) is 14.1. The van der Waals surface area contributed by atoms with Gasteiger partial charge in [0, 0.05) is 0 Å². The summed E-state index contributed by atoms with van der Waals surface area (Å²) >= 11 is 2.85. The second-order valence-electron chi connectivity index (χ2n) is 6.15. The molecule has 0 unspecified atom stereocenters. The molecule has 0 aliphatic heterocycles. The van der Waals surface area contributed by atoms with Gasteiger partial charge in [0.15, 0.2) is 5.82 Å². The Hall–Kier alpha value is -2.32. The van der Waals surface area contributed by atoms with Gasteiger partial charge in [0.05, 0.1) is 16.7 Å². The molecule has 3 aromatic rings. The summed E-state index contributed by atoms with van der Waals surface area (Å²) in [7, 11) is 0. The van der Waals surface area contributed by atoms with Crippen molar-refractivity contribution in [1.82, 2.24) is 20.2 Å². The lowest BCUT2D eigenvalue weighted by molar-refractivity contribution is -0.119. The Morgan fingerprint density at radius 3 is 3.04 bits per heavy atom. The average Bonchev–Trinajstić information content (AvgIpc) is 3.30. The second kappa shape index (κ2) is 7.51. The van der Waals surface area contributed by atoms with Crippen LogP contribution < -0.4 is 11.2 Å². The second-order valence-corrected chi connectivity index (χ2v) is 8.04. The van der Waals surface area contributed by atoms with Crippen LogP contribution in [0.3, 0.4) is 0 Å². The molecule has 0 bridgehead atoms. The van der Waals surface area contributed by atoms with Crippen molar-refractivity contribution < 1.29 is 4.79 Å². The molecule has 0 fully saturated rings. The van der Waals surface area contributed by atoms with E-state index in [0.717, 1.165) is 24.1 Å². The van der Waals surface area contributed by atoms with E-state index in [1.165, 1.54) is 27.6 Å². The molecular weight excluding hydrogens is 366 g/mol. The first-order valence-corrected chi connectivity index (χ1v) is 10.3. The maximum absolute atomic E-state index is 12.4. The van der Waals surface area contributed by atoms with Gasteiger partial charge in [-0.2, -0.15) is 0 Å². The Labute approximate surface area is 159 Å². The van der Waals surface area contributed by atoms with E-state index < -0.39 is 0 Å². The smallest absolute Gasteiger partial charge is 0.230 e. The Bertz CT molecular complexity index is 906. The maximum atomic E-state index is 12.4. The summed E-state index contributed by atoms with van der Waals surface area (Å²) in [5.41, 5.74) is 2.57. The number of thioether (sulfide) groups is 1. The van der Waals surface area contributed by atoms with Gasteiger partial charge in [0.1, 0.15) is 0 Å². The number of fused-ring (bicyclic) bond motifs is 1. The highest BCUT2D eigenvalue weighted by atomic mass is 32.2. The number of carbonyl (C=O) groups excluding carboxylic acids is 1. The van der Waals surface area contributed by atoms with Gasteiger partial charge in [-0.25, -0.2) is 4.68 Å². The zero-order valence-corrected chi connectivity index (χ0v) is 15.7. The maximum Gasteiger partial charge on any atom is 0.230 e. The zero-order chi connectivity index (χ0) is 17.9. The van der Waals surface area contributed by atoms with E-state index in [2.05, 4.69) is 33.7 Å². The summed E-state index contributed by atoms with van der Waals surface area (Å²) in [6.45, 7) is 0. The van der Waals surface area contributed by atoms with E-state index in [1.54, 1.807) is 11.3 Å². The van der Waals surface area contributed by atoms with Gasteiger partial charge in [0.2, 0.25) is 11.1 Å². The van der Waals surface area contributed by atoms with Crippen molar-refractivity contribution in [1.29, 1.82) is 0 Å². The topological polar surface area (TPSA) is 85.8 Å². The SMILES string of the molecule is Nn1c(SCC(=O)N[C@H]2CCCc3ccccc32)nnc1-c1cccs1. The van der Waals surface area contributed by atoms with Gasteiger partial charge in [-0.15, -0.1) is 21.5 Å². The molecular formula is C18H19N5OS2. The van der Waals surface area contributed by atoms with Crippen molar-refractivity contribution in [2.24, 2.45) is 0 Å². The third-order valence-electron chi connectivity index (χ3n) is 4.44. The molecule has 3 N–H and O–H groups in total. The number of nitrogens with zero attached hydrogens (tertiary/aromatic N) is 3. The van der Waals surface area contributed by atoms with Crippen LogP contribution in [0.2, 0.25) is 0 Å². The summed E-state index contributed by atoms with van der Waals surface area (Å²) in [6.07, 6.45) is 3.15. The monoisotopic (exact) mass is 385 g/mol. The van der Waals surface area contributed by atoms with Crippen molar-refractivity contribution in [2.75, 3.05) is 11.6 Å². The molecule has 1 aliphatic rings. The van der Waals surface area contributed by atoms with Crippen LogP contribution in [-0.2, 0) is 11.2 Å². The highest BCUT2D eigenvalue weighted by Gasteiger charge is 2.22. The molecule has 2 aromatic heterocycles. The predicted octanol–water partition coefficient (Wildman–Crippen LogP) is 3.01. The van der Waals surface area contributed by atoms with Gasteiger partial charge >= 0.3 is 0 Å². The molecule has 6 nitrogen and oxygen atoms in total. The minimum atomic E-state index is -0.0163. The van der Waals surface area contributed by atoms with Crippen LogP contribution in [0.25, 0.3) is 10.7 Å². The third-order valence-corrected chi connectivity index (χ3v) is 6.25. The van der Waals surface area contributed by atoms with Gasteiger partial charge in [-0.1, -0.05) is 42.1 Å². The Morgan fingerprint density at radius 2 is 2.19 bits per heavy atom. The summed E-state index contributed by atoms with van der Waals surface area (Å²) < 4.78 is 1.44.